The van der Waals surface area contributed by atoms with Gasteiger partial charge in [0, 0.05) is 18.8 Å². The van der Waals surface area contributed by atoms with Crippen LogP contribution in [-0.4, -0.2) is 40.4 Å². The Morgan fingerprint density at radius 2 is 2.21 bits per heavy atom. The zero-order valence-corrected chi connectivity index (χ0v) is 10.00. The molecule has 1 atom stereocenters. The standard InChI is InChI=1S/C9H16N2OS2/c1-7(8(10)13)9(12)11-3-2-5-14-6-4-11/h7H,2-6H2,1H3,(H2,10,13). The van der Waals surface area contributed by atoms with Gasteiger partial charge in [0.25, 0.3) is 0 Å². The normalized spacial score (nSPS) is 19.9. The predicted molar refractivity (Wildman–Crippen MR) is 64.5 cm³/mol. The van der Waals surface area contributed by atoms with E-state index in [4.69, 9.17) is 18.0 Å². The third-order valence-corrected chi connectivity index (χ3v) is 3.73. The molecule has 1 saturated heterocycles. The molecule has 1 aliphatic heterocycles. The average Bonchev–Trinajstić information content (AvgIpc) is 2.43. The van der Waals surface area contributed by atoms with Gasteiger partial charge < -0.3 is 10.6 Å². The van der Waals surface area contributed by atoms with Gasteiger partial charge >= 0.3 is 0 Å². The summed E-state index contributed by atoms with van der Waals surface area (Å²) in [4.78, 5) is 14.0. The van der Waals surface area contributed by atoms with Crippen LogP contribution in [0.2, 0.25) is 0 Å². The zero-order chi connectivity index (χ0) is 10.6. The number of nitrogens with two attached hydrogens (primary N) is 1. The van der Waals surface area contributed by atoms with Crippen LogP contribution in [0.25, 0.3) is 0 Å². The monoisotopic (exact) mass is 232 g/mol. The molecule has 5 heteroatoms. The Kier molecular flexibility index (Phi) is 4.68. The van der Waals surface area contributed by atoms with Crippen molar-refractivity contribution in [2.75, 3.05) is 24.6 Å². The van der Waals surface area contributed by atoms with Crippen molar-refractivity contribution in [3.63, 3.8) is 0 Å². The van der Waals surface area contributed by atoms with Crippen molar-refractivity contribution in [2.24, 2.45) is 11.7 Å². The topological polar surface area (TPSA) is 46.3 Å². The minimum Gasteiger partial charge on any atom is -0.393 e. The van der Waals surface area contributed by atoms with Gasteiger partial charge in [-0.1, -0.05) is 12.2 Å². The first-order valence-corrected chi connectivity index (χ1v) is 6.35. The summed E-state index contributed by atoms with van der Waals surface area (Å²) in [5, 5.41) is 0. The summed E-state index contributed by atoms with van der Waals surface area (Å²) in [5.41, 5.74) is 5.46. The number of carbonyl (C=O) groups is 1. The van der Waals surface area contributed by atoms with Gasteiger partial charge in [0.05, 0.1) is 10.9 Å². The van der Waals surface area contributed by atoms with Crippen LogP contribution in [0.5, 0.6) is 0 Å². The average molecular weight is 232 g/mol. The van der Waals surface area contributed by atoms with Crippen LogP contribution in [0.1, 0.15) is 13.3 Å². The zero-order valence-electron chi connectivity index (χ0n) is 8.36. The quantitative estimate of drug-likeness (QED) is 0.718. The third-order valence-electron chi connectivity index (χ3n) is 2.33. The highest BCUT2D eigenvalue weighted by Gasteiger charge is 2.22. The molecule has 1 rings (SSSR count). The van der Waals surface area contributed by atoms with E-state index in [0.29, 0.717) is 4.99 Å². The molecule has 1 amide bonds. The maximum Gasteiger partial charge on any atom is 0.232 e. The van der Waals surface area contributed by atoms with E-state index in [0.717, 1.165) is 31.0 Å². The molecule has 0 radical (unpaired) electrons. The summed E-state index contributed by atoms with van der Waals surface area (Å²) < 4.78 is 0. The Morgan fingerprint density at radius 3 is 2.86 bits per heavy atom. The van der Waals surface area contributed by atoms with E-state index >= 15 is 0 Å². The summed E-state index contributed by atoms with van der Waals surface area (Å²) in [6.45, 7) is 3.46. The summed E-state index contributed by atoms with van der Waals surface area (Å²) in [7, 11) is 0. The number of hydrogen-bond acceptors (Lipinski definition) is 3. The largest absolute Gasteiger partial charge is 0.393 e. The van der Waals surface area contributed by atoms with Gasteiger partial charge in [0.1, 0.15) is 0 Å². The molecule has 80 valence electrons. The van der Waals surface area contributed by atoms with Crippen molar-refractivity contribution in [3.8, 4) is 0 Å². The maximum absolute atomic E-state index is 11.8. The molecule has 1 aliphatic rings. The van der Waals surface area contributed by atoms with E-state index in [2.05, 4.69) is 0 Å². The summed E-state index contributed by atoms with van der Waals surface area (Å²) in [6, 6.07) is 0. The lowest BCUT2D eigenvalue weighted by Crippen LogP contribution is -2.40. The van der Waals surface area contributed by atoms with Crippen molar-refractivity contribution >= 4 is 34.9 Å². The molecule has 1 heterocycles. The maximum atomic E-state index is 11.8. The molecule has 0 aromatic rings. The SMILES string of the molecule is CC(C(=O)N1CCCSCC1)C(N)=S. The second kappa shape index (κ2) is 5.56. The van der Waals surface area contributed by atoms with Crippen LogP contribution in [0.3, 0.4) is 0 Å². The molecular weight excluding hydrogens is 216 g/mol. The van der Waals surface area contributed by atoms with Crippen LogP contribution >= 0.6 is 24.0 Å². The van der Waals surface area contributed by atoms with Crippen LogP contribution in [0, 0.1) is 5.92 Å². The highest BCUT2D eigenvalue weighted by molar-refractivity contribution is 7.99. The highest BCUT2D eigenvalue weighted by atomic mass is 32.2. The van der Waals surface area contributed by atoms with Gasteiger partial charge in [-0.05, 0) is 19.1 Å². The molecule has 14 heavy (non-hydrogen) atoms. The van der Waals surface area contributed by atoms with E-state index in [-0.39, 0.29) is 11.8 Å². The van der Waals surface area contributed by atoms with E-state index in [9.17, 15) is 4.79 Å². The molecule has 2 N–H and O–H groups in total. The second-order valence-electron chi connectivity index (χ2n) is 3.42. The summed E-state index contributed by atoms with van der Waals surface area (Å²) >= 11 is 6.72. The number of thiocarbonyl (C=S) groups is 1. The lowest BCUT2D eigenvalue weighted by atomic mass is 10.1. The first-order chi connectivity index (χ1) is 6.63. The van der Waals surface area contributed by atoms with E-state index in [1.54, 1.807) is 6.92 Å². The van der Waals surface area contributed by atoms with Gasteiger partial charge in [-0.15, -0.1) is 0 Å². The molecule has 0 aromatic carbocycles. The number of nitrogens with zero attached hydrogens (tertiary/aromatic N) is 1. The van der Waals surface area contributed by atoms with Crippen LogP contribution in [0.4, 0.5) is 0 Å². The van der Waals surface area contributed by atoms with Gasteiger partial charge in [-0.3, -0.25) is 4.79 Å². The van der Waals surface area contributed by atoms with Gasteiger partial charge in [0.15, 0.2) is 0 Å². The summed E-state index contributed by atoms with van der Waals surface area (Å²) in [5.74, 6) is 1.94. The fourth-order valence-electron chi connectivity index (χ4n) is 1.36. The van der Waals surface area contributed by atoms with E-state index < -0.39 is 0 Å². The highest BCUT2D eigenvalue weighted by Crippen LogP contribution is 2.12. The number of amides is 1. The Hall–Kier alpha value is -0.290. The van der Waals surface area contributed by atoms with Gasteiger partial charge in [-0.25, -0.2) is 0 Å². The lowest BCUT2D eigenvalue weighted by Gasteiger charge is -2.23. The van der Waals surface area contributed by atoms with Crippen LogP contribution in [0.15, 0.2) is 0 Å². The number of carbonyl (C=O) groups excluding carboxylic acids is 1. The Balaban J connectivity index is 2.53. The van der Waals surface area contributed by atoms with Crippen LogP contribution < -0.4 is 5.73 Å². The lowest BCUT2D eigenvalue weighted by molar-refractivity contribution is -0.132. The first kappa shape index (κ1) is 11.8. The smallest absolute Gasteiger partial charge is 0.232 e. The van der Waals surface area contributed by atoms with Crippen molar-refractivity contribution in [1.82, 2.24) is 4.90 Å². The first-order valence-electron chi connectivity index (χ1n) is 4.79. The molecule has 1 fully saturated rings. The Morgan fingerprint density at radius 1 is 1.50 bits per heavy atom. The second-order valence-corrected chi connectivity index (χ2v) is 5.11. The molecular formula is C9H16N2OS2. The minimum absolute atomic E-state index is 0.0833. The third kappa shape index (κ3) is 3.13. The molecule has 3 nitrogen and oxygen atoms in total. The molecule has 1 unspecified atom stereocenters. The Labute approximate surface area is 94.4 Å². The van der Waals surface area contributed by atoms with Gasteiger partial charge in [0.2, 0.25) is 5.91 Å². The molecule has 0 bridgehead atoms. The van der Waals surface area contributed by atoms with E-state index in [1.807, 2.05) is 16.7 Å². The molecule has 0 aliphatic carbocycles. The van der Waals surface area contributed by atoms with Gasteiger partial charge in [-0.2, -0.15) is 11.8 Å². The predicted octanol–water partition coefficient (Wildman–Crippen LogP) is 0.874. The van der Waals surface area contributed by atoms with Crippen LogP contribution in [-0.2, 0) is 4.79 Å². The fourth-order valence-corrected chi connectivity index (χ4v) is 2.35. The molecule has 0 spiro atoms. The van der Waals surface area contributed by atoms with Crippen molar-refractivity contribution < 1.29 is 4.79 Å². The number of rotatable bonds is 2. The number of hydrogen-bond donors (Lipinski definition) is 1. The fraction of sp³-hybridized carbons (Fsp3) is 0.778. The molecule has 0 aromatic heterocycles. The van der Waals surface area contributed by atoms with Crippen molar-refractivity contribution in [3.05, 3.63) is 0 Å². The Bertz CT molecular complexity index is 225. The minimum atomic E-state index is -0.312. The molecule has 0 saturated carbocycles. The van der Waals surface area contributed by atoms with E-state index in [1.165, 1.54) is 0 Å². The van der Waals surface area contributed by atoms with Crippen molar-refractivity contribution in [2.45, 2.75) is 13.3 Å². The number of thioether (sulfide) groups is 1. The van der Waals surface area contributed by atoms with Crippen molar-refractivity contribution in [1.29, 1.82) is 0 Å². The summed E-state index contributed by atoms with van der Waals surface area (Å²) in [6.07, 6.45) is 1.07.